The molecule has 1 aliphatic rings. The van der Waals surface area contributed by atoms with Crippen LogP contribution in [0.25, 0.3) is 0 Å². The van der Waals surface area contributed by atoms with Crippen molar-refractivity contribution in [1.82, 2.24) is 10.2 Å². The number of hydrogen-bond acceptors (Lipinski definition) is 5. The molecule has 29 heavy (non-hydrogen) atoms. The second-order valence-electron chi connectivity index (χ2n) is 7.64. The van der Waals surface area contributed by atoms with Gasteiger partial charge in [0.2, 0.25) is 0 Å². The van der Waals surface area contributed by atoms with Crippen LogP contribution in [0.4, 0.5) is 4.79 Å². The molecule has 0 aromatic heterocycles. The number of urea groups is 1. The maximum Gasteiger partial charge on any atom is 0.321 e. The summed E-state index contributed by atoms with van der Waals surface area (Å²) in [6.45, 7) is 7.07. The van der Waals surface area contributed by atoms with Crippen LogP contribution < -0.4 is 16.8 Å². The van der Waals surface area contributed by atoms with E-state index in [-0.39, 0.29) is 11.9 Å². The van der Waals surface area contributed by atoms with Crippen LogP contribution in [-0.2, 0) is 10.8 Å². The highest BCUT2D eigenvalue weighted by Gasteiger charge is 2.39. The summed E-state index contributed by atoms with van der Waals surface area (Å²) in [7, 11) is -1.23. The smallest absolute Gasteiger partial charge is 0.321 e. The molecule has 1 aromatic rings. The molecule has 8 heteroatoms. The Bertz CT molecular complexity index is 878. The van der Waals surface area contributed by atoms with Crippen molar-refractivity contribution in [2.24, 2.45) is 17.4 Å². The standard InChI is InChI=1S/C21H29N5O2S/c1-15-12-16(13-23)4-5-19(15)29(28)21(2,3)17-7-10-26(11-8-17)20(27)25-18(14-24)6-9-22/h4-6,9,12,14,17H,7-8,10-11,22,24H2,1-3H3,(H,25,27)/b9-6-,18-14+. The number of benzene rings is 1. The highest BCUT2D eigenvalue weighted by Crippen LogP contribution is 2.36. The van der Waals surface area contributed by atoms with Crippen LogP contribution in [-0.4, -0.2) is 33.0 Å². The fraction of sp³-hybridized carbons (Fsp3) is 0.429. The molecule has 0 radical (unpaired) electrons. The van der Waals surface area contributed by atoms with Crippen molar-refractivity contribution in [1.29, 1.82) is 5.26 Å². The van der Waals surface area contributed by atoms with E-state index in [1.807, 2.05) is 20.8 Å². The number of nitriles is 1. The minimum atomic E-state index is -1.23. The lowest BCUT2D eigenvalue weighted by molar-refractivity contribution is 0.164. The van der Waals surface area contributed by atoms with Gasteiger partial charge in [-0.25, -0.2) is 4.79 Å². The first kappa shape index (κ1) is 22.5. The fourth-order valence-corrected chi connectivity index (χ4v) is 5.23. The van der Waals surface area contributed by atoms with Crippen LogP contribution in [0.2, 0.25) is 0 Å². The molecule has 1 unspecified atom stereocenters. The Morgan fingerprint density at radius 1 is 1.34 bits per heavy atom. The summed E-state index contributed by atoms with van der Waals surface area (Å²) < 4.78 is 12.9. The third kappa shape index (κ3) is 5.18. The summed E-state index contributed by atoms with van der Waals surface area (Å²) in [6.07, 6.45) is 5.65. The molecule has 0 saturated carbocycles. The Labute approximate surface area is 174 Å². The van der Waals surface area contributed by atoms with Crippen LogP contribution in [0.15, 0.2) is 47.3 Å². The Hall–Kier alpha value is -2.79. The normalized spacial score (nSPS) is 17.2. The van der Waals surface area contributed by atoms with Crippen molar-refractivity contribution in [3.8, 4) is 6.07 Å². The Balaban J connectivity index is 2.05. The van der Waals surface area contributed by atoms with E-state index < -0.39 is 15.5 Å². The molecule has 2 rings (SSSR count). The van der Waals surface area contributed by atoms with E-state index in [4.69, 9.17) is 16.7 Å². The van der Waals surface area contributed by atoms with Crippen LogP contribution >= 0.6 is 0 Å². The van der Waals surface area contributed by atoms with Gasteiger partial charge in [0.25, 0.3) is 0 Å². The SMILES string of the molecule is Cc1cc(C#N)ccc1S(=O)C(C)(C)C1CCN(C(=O)NC(/C=C\N)=C/N)CC1. The molecule has 1 fully saturated rings. The molecule has 1 atom stereocenters. The average Bonchev–Trinajstić information content (AvgIpc) is 2.72. The Morgan fingerprint density at radius 2 is 2.00 bits per heavy atom. The molecule has 0 bridgehead atoms. The largest absolute Gasteiger partial charge is 0.405 e. The van der Waals surface area contributed by atoms with Gasteiger partial charge in [-0.3, -0.25) is 4.21 Å². The second-order valence-corrected chi connectivity index (χ2v) is 9.67. The maximum atomic E-state index is 13.4. The number of nitrogens with one attached hydrogen (secondary N) is 1. The summed E-state index contributed by atoms with van der Waals surface area (Å²) >= 11 is 0. The number of rotatable bonds is 5. The van der Waals surface area contributed by atoms with E-state index in [1.165, 1.54) is 18.5 Å². The molecule has 1 saturated heterocycles. The van der Waals surface area contributed by atoms with Crippen LogP contribution in [0.3, 0.4) is 0 Å². The summed E-state index contributed by atoms with van der Waals surface area (Å²) in [5, 5.41) is 11.8. The van der Waals surface area contributed by atoms with Gasteiger partial charge < -0.3 is 21.7 Å². The minimum Gasteiger partial charge on any atom is -0.405 e. The van der Waals surface area contributed by atoms with Crippen molar-refractivity contribution >= 4 is 16.8 Å². The van der Waals surface area contributed by atoms with Crippen molar-refractivity contribution < 1.29 is 9.00 Å². The Morgan fingerprint density at radius 3 is 2.52 bits per heavy atom. The topological polar surface area (TPSA) is 125 Å². The first-order valence-electron chi connectivity index (χ1n) is 9.53. The fourth-order valence-electron chi connectivity index (χ4n) is 3.58. The predicted molar refractivity (Wildman–Crippen MR) is 115 cm³/mol. The molecule has 156 valence electrons. The summed E-state index contributed by atoms with van der Waals surface area (Å²) in [5.41, 5.74) is 12.7. The van der Waals surface area contributed by atoms with E-state index in [1.54, 1.807) is 23.1 Å². The number of nitrogens with zero attached hydrogens (tertiary/aromatic N) is 2. The third-order valence-corrected chi connectivity index (χ3v) is 7.60. The lowest BCUT2D eigenvalue weighted by Gasteiger charge is -2.40. The van der Waals surface area contributed by atoms with Gasteiger partial charge in [0, 0.05) is 28.9 Å². The number of piperidine rings is 1. The van der Waals surface area contributed by atoms with Crippen LogP contribution in [0.5, 0.6) is 0 Å². The predicted octanol–water partition coefficient (Wildman–Crippen LogP) is 2.45. The highest BCUT2D eigenvalue weighted by atomic mass is 32.2. The molecule has 5 N–H and O–H groups in total. The molecule has 1 aliphatic heterocycles. The van der Waals surface area contributed by atoms with E-state index in [0.29, 0.717) is 24.4 Å². The zero-order valence-electron chi connectivity index (χ0n) is 17.1. The lowest BCUT2D eigenvalue weighted by atomic mass is 9.86. The number of aryl methyl sites for hydroxylation is 1. The Kier molecular flexibility index (Phi) is 7.46. The van der Waals surface area contributed by atoms with E-state index in [2.05, 4.69) is 11.4 Å². The molecule has 0 aliphatic carbocycles. The number of carbonyl (C=O) groups excluding carboxylic acids is 1. The van der Waals surface area contributed by atoms with Gasteiger partial charge in [-0.2, -0.15) is 5.26 Å². The van der Waals surface area contributed by atoms with Gasteiger partial charge in [-0.1, -0.05) is 0 Å². The van der Waals surface area contributed by atoms with Crippen molar-refractivity contribution in [3.05, 3.63) is 53.5 Å². The zero-order valence-corrected chi connectivity index (χ0v) is 18.0. The van der Waals surface area contributed by atoms with Gasteiger partial charge in [-0.05, 0) is 75.6 Å². The van der Waals surface area contributed by atoms with Gasteiger partial charge in [0.05, 0.1) is 28.1 Å². The first-order valence-corrected chi connectivity index (χ1v) is 10.7. The van der Waals surface area contributed by atoms with Crippen molar-refractivity contribution in [2.45, 2.75) is 43.3 Å². The van der Waals surface area contributed by atoms with Crippen molar-refractivity contribution in [2.75, 3.05) is 13.1 Å². The highest BCUT2D eigenvalue weighted by molar-refractivity contribution is 7.86. The number of nitrogens with two attached hydrogens (primary N) is 2. The van der Waals surface area contributed by atoms with Gasteiger partial charge in [0.15, 0.2) is 0 Å². The van der Waals surface area contributed by atoms with E-state index in [0.717, 1.165) is 23.3 Å². The molecular weight excluding hydrogens is 386 g/mol. The second kappa shape index (κ2) is 9.61. The number of hydrogen-bond donors (Lipinski definition) is 3. The van der Waals surface area contributed by atoms with Crippen LogP contribution in [0, 0.1) is 24.2 Å². The number of amides is 2. The molecular formula is C21H29N5O2S. The molecule has 1 aromatic carbocycles. The number of likely N-dealkylation sites (tertiary alicyclic amines) is 1. The quantitative estimate of drug-likeness (QED) is 0.637. The van der Waals surface area contributed by atoms with E-state index in [9.17, 15) is 9.00 Å². The summed E-state index contributed by atoms with van der Waals surface area (Å²) in [5.74, 6) is 0.205. The van der Waals surface area contributed by atoms with Gasteiger partial charge >= 0.3 is 6.03 Å². The summed E-state index contributed by atoms with van der Waals surface area (Å²) in [4.78, 5) is 14.9. The average molecular weight is 416 g/mol. The minimum absolute atomic E-state index is 0.205. The molecule has 1 heterocycles. The van der Waals surface area contributed by atoms with Gasteiger partial charge in [0.1, 0.15) is 0 Å². The van der Waals surface area contributed by atoms with Gasteiger partial charge in [-0.15, -0.1) is 0 Å². The maximum absolute atomic E-state index is 13.4. The molecule has 2 amide bonds. The zero-order chi connectivity index (χ0) is 21.6. The number of allylic oxidation sites excluding steroid dienone is 1. The third-order valence-electron chi connectivity index (χ3n) is 5.45. The monoisotopic (exact) mass is 415 g/mol. The van der Waals surface area contributed by atoms with E-state index >= 15 is 0 Å². The molecule has 0 spiro atoms. The number of carbonyl (C=O) groups is 1. The van der Waals surface area contributed by atoms with Crippen LogP contribution in [0.1, 0.15) is 37.8 Å². The van der Waals surface area contributed by atoms with Crippen molar-refractivity contribution in [3.63, 3.8) is 0 Å². The first-order chi connectivity index (χ1) is 13.7. The lowest BCUT2D eigenvalue weighted by Crippen LogP contribution is -2.48. The summed E-state index contributed by atoms with van der Waals surface area (Å²) in [6, 6.07) is 7.16. The molecule has 7 nitrogen and oxygen atoms in total.